The molecule has 1 aliphatic rings. The summed E-state index contributed by atoms with van der Waals surface area (Å²) in [5.41, 5.74) is 0.484. The van der Waals surface area contributed by atoms with Crippen LogP contribution in [-0.2, 0) is 4.74 Å². The molecule has 3 heterocycles. The van der Waals surface area contributed by atoms with Crippen molar-refractivity contribution < 1.29 is 31.9 Å². The van der Waals surface area contributed by atoms with Crippen LogP contribution in [0.15, 0.2) is 28.9 Å². The average Bonchev–Trinajstić information content (AvgIpc) is 3.15. The maximum Gasteiger partial charge on any atom is 0.522 e. The fourth-order valence-corrected chi connectivity index (χ4v) is 2.66. The van der Waals surface area contributed by atoms with E-state index in [0.29, 0.717) is 24.9 Å². The summed E-state index contributed by atoms with van der Waals surface area (Å²) in [6.07, 6.45) is -0.546. The molecule has 0 aromatic carbocycles. The van der Waals surface area contributed by atoms with E-state index in [0.717, 1.165) is 0 Å². The van der Waals surface area contributed by atoms with Crippen molar-refractivity contribution in [1.82, 2.24) is 25.8 Å². The van der Waals surface area contributed by atoms with E-state index in [1.807, 2.05) is 0 Å². The lowest BCUT2D eigenvalue weighted by atomic mass is 10.0. The zero-order valence-corrected chi connectivity index (χ0v) is 14.6. The molecular weight excluding hydrogens is 383 g/mol. The molecule has 2 atom stereocenters. The molecule has 1 amide bonds. The Morgan fingerprint density at radius 3 is 2.86 bits per heavy atom. The molecule has 152 valence electrons. The van der Waals surface area contributed by atoms with Gasteiger partial charge in [-0.25, -0.2) is 0 Å². The Bertz CT molecular complexity index is 763. The van der Waals surface area contributed by atoms with E-state index in [9.17, 15) is 18.0 Å². The molecule has 0 bridgehead atoms. The molecule has 3 rings (SSSR count). The number of rotatable bonds is 7. The van der Waals surface area contributed by atoms with Crippen LogP contribution in [0.1, 0.15) is 35.1 Å². The van der Waals surface area contributed by atoms with Gasteiger partial charge in [-0.2, -0.15) is 0 Å². The first-order chi connectivity index (χ1) is 13.4. The monoisotopic (exact) mass is 401 g/mol. The van der Waals surface area contributed by atoms with E-state index in [-0.39, 0.29) is 36.6 Å². The number of nitrogens with one attached hydrogen (secondary N) is 2. The minimum atomic E-state index is -4.71. The van der Waals surface area contributed by atoms with Gasteiger partial charge in [-0.1, -0.05) is 5.10 Å². The number of halogens is 3. The zero-order chi connectivity index (χ0) is 20.0. The number of aromatic nitrogens is 3. The summed E-state index contributed by atoms with van der Waals surface area (Å²) in [5, 5.41) is 13.6. The number of hydrogen-bond acceptors (Lipinski definition) is 8. The normalized spacial score (nSPS) is 20.0. The van der Waals surface area contributed by atoms with Gasteiger partial charge in [0.1, 0.15) is 6.61 Å². The quantitative estimate of drug-likeness (QED) is 0.673. The molecule has 2 N–H and O–H groups in total. The van der Waals surface area contributed by atoms with Crippen molar-refractivity contribution in [2.24, 2.45) is 0 Å². The summed E-state index contributed by atoms with van der Waals surface area (Å²) in [7, 11) is 0. The third-order valence-electron chi connectivity index (χ3n) is 3.97. The minimum Gasteiger partial charge on any atom is -0.447 e. The SMILES string of the molecule is O=C(N[C@H]1CC[C@H](c2nnc(OCCOC(F)(F)F)o2)NC1)c1cccnc1. The molecule has 0 saturated carbocycles. The largest absolute Gasteiger partial charge is 0.522 e. The van der Waals surface area contributed by atoms with Gasteiger partial charge in [0.2, 0.25) is 5.89 Å². The number of alkyl halides is 3. The number of nitrogens with zero attached hydrogens (tertiary/aromatic N) is 3. The average molecular weight is 401 g/mol. The summed E-state index contributed by atoms with van der Waals surface area (Å²) >= 11 is 0. The van der Waals surface area contributed by atoms with Crippen LogP contribution >= 0.6 is 0 Å². The minimum absolute atomic E-state index is 0.0675. The number of ether oxygens (including phenoxy) is 2. The second-order valence-electron chi connectivity index (χ2n) is 6.00. The lowest BCUT2D eigenvalue weighted by molar-refractivity contribution is -0.325. The Balaban J connectivity index is 1.41. The molecular formula is C16H18F3N5O4. The predicted octanol–water partition coefficient (Wildman–Crippen LogP) is 1.60. The van der Waals surface area contributed by atoms with Crippen LogP contribution < -0.4 is 15.4 Å². The predicted molar refractivity (Wildman–Crippen MR) is 87.3 cm³/mol. The van der Waals surface area contributed by atoms with Crippen LogP contribution in [0.5, 0.6) is 6.08 Å². The summed E-state index contributed by atoms with van der Waals surface area (Å²) in [5.74, 6) is 0.0664. The molecule has 2 aromatic rings. The van der Waals surface area contributed by atoms with Gasteiger partial charge >= 0.3 is 12.4 Å². The van der Waals surface area contributed by atoms with Crippen molar-refractivity contribution in [3.05, 3.63) is 36.0 Å². The fraction of sp³-hybridized carbons (Fsp3) is 0.500. The summed E-state index contributed by atoms with van der Waals surface area (Å²) in [6.45, 7) is -0.558. The van der Waals surface area contributed by atoms with Crippen LogP contribution in [-0.4, -0.2) is 53.3 Å². The first kappa shape index (κ1) is 20.0. The number of pyridine rings is 1. The van der Waals surface area contributed by atoms with E-state index in [4.69, 9.17) is 9.15 Å². The molecule has 0 aliphatic carbocycles. The molecule has 0 spiro atoms. The molecule has 9 nitrogen and oxygen atoms in total. The van der Waals surface area contributed by atoms with E-state index >= 15 is 0 Å². The van der Waals surface area contributed by atoms with Crippen molar-refractivity contribution >= 4 is 5.91 Å². The maximum atomic E-state index is 12.1. The number of amides is 1. The summed E-state index contributed by atoms with van der Waals surface area (Å²) in [6, 6.07) is 3.07. The molecule has 1 fully saturated rings. The van der Waals surface area contributed by atoms with Crippen LogP contribution in [0.4, 0.5) is 13.2 Å². The van der Waals surface area contributed by atoms with E-state index in [1.54, 1.807) is 18.3 Å². The number of carbonyl (C=O) groups excluding carboxylic acids is 1. The molecule has 2 aromatic heterocycles. The van der Waals surface area contributed by atoms with Crippen LogP contribution in [0.2, 0.25) is 0 Å². The Morgan fingerprint density at radius 2 is 2.18 bits per heavy atom. The number of carbonyl (C=O) groups is 1. The molecule has 12 heteroatoms. The standard InChI is InChI=1S/C16H18F3N5O4/c17-16(18,19)27-7-6-26-15-24-23-14(28-15)12-4-3-11(9-21-12)22-13(25)10-2-1-5-20-8-10/h1-2,5,8,11-12,21H,3-4,6-7,9H2,(H,22,25)/t11-,12+/m0/s1. The van der Waals surface area contributed by atoms with Crippen LogP contribution in [0.3, 0.4) is 0 Å². The lowest BCUT2D eigenvalue weighted by Crippen LogP contribution is -2.46. The van der Waals surface area contributed by atoms with Gasteiger partial charge in [-0.15, -0.1) is 18.3 Å². The van der Waals surface area contributed by atoms with Crippen molar-refractivity contribution in [3.8, 4) is 6.08 Å². The Morgan fingerprint density at radius 1 is 1.32 bits per heavy atom. The van der Waals surface area contributed by atoms with Gasteiger partial charge in [-0.3, -0.25) is 14.5 Å². The highest BCUT2D eigenvalue weighted by molar-refractivity contribution is 5.94. The number of piperidine rings is 1. The lowest BCUT2D eigenvalue weighted by Gasteiger charge is -2.28. The molecule has 28 heavy (non-hydrogen) atoms. The van der Waals surface area contributed by atoms with Crippen molar-refractivity contribution in [1.29, 1.82) is 0 Å². The third-order valence-corrected chi connectivity index (χ3v) is 3.97. The first-order valence-electron chi connectivity index (χ1n) is 8.52. The van der Waals surface area contributed by atoms with E-state index in [2.05, 4.69) is 30.6 Å². The van der Waals surface area contributed by atoms with Crippen molar-refractivity contribution in [2.45, 2.75) is 31.3 Å². The molecule has 0 radical (unpaired) electrons. The van der Waals surface area contributed by atoms with E-state index in [1.165, 1.54) is 6.20 Å². The smallest absolute Gasteiger partial charge is 0.447 e. The highest BCUT2D eigenvalue weighted by Crippen LogP contribution is 2.24. The number of hydrogen-bond donors (Lipinski definition) is 2. The van der Waals surface area contributed by atoms with Gasteiger partial charge in [0, 0.05) is 25.0 Å². The molecule has 0 unspecified atom stereocenters. The Labute approximate surface area is 157 Å². The second-order valence-corrected chi connectivity index (χ2v) is 6.00. The Hall–Kier alpha value is -2.73. The van der Waals surface area contributed by atoms with E-state index < -0.39 is 13.0 Å². The van der Waals surface area contributed by atoms with Crippen LogP contribution in [0.25, 0.3) is 0 Å². The zero-order valence-electron chi connectivity index (χ0n) is 14.6. The molecule has 1 saturated heterocycles. The van der Waals surface area contributed by atoms with Crippen molar-refractivity contribution in [3.63, 3.8) is 0 Å². The van der Waals surface area contributed by atoms with Gasteiger partial charge in [0.15, 0.2) is 0 Å². The van der Waals surface area contributed by atoms with Crippen LogP contribution in [0, 0.1) is 0 Å². The summed E-state index contributed by atoms with van der Waals surface area (Å²) in [4.78, 5) is 16.1. The highest BCUT2D eigenvalue weighted by atomic mass is 19.4. The third kappa shape index (κ3) is 5.89. The second kappa shape index (κ2) is 8.97. The van der Waals surface area contributed by atoms with Gasteiger partial charge in [0.05, 0.1) is 18.2 Å². The Kier molecular flexibility index (Phi) is 6.41. The van der Waals surface area contributed by atoms with Gasteiger partial charge in [-0.05, 0) is 25.0 Å². The van der Waals surface area contributed by atoms with Crippen molar-refractivity contribution in [2.75, 3.05) is 19.8 Å². The maximum absolute atomic E-state index is 12.1. The molecule has 1 aliphatic heterocycles. The van der Waals surface area contributed by atoms with Gasteiger partial charge in [0.25, 0.3) is 5.91 Å². The van der Waals surface area contributed by atoms with Gasteiger partial charge < -0.3 is 19.8 Å². The summed E-state index contributed by atoms with van der Waals surface area (Å²) < 4.78 is 49.4. The first-order valence-corrected chi connectivity index (χ1v) is 8.52. The topological polar surface area (TPSA) is 111 Å². The fourth-order valence-electron chi connectivity index (χ4n) is 2.66. The highest BCUT2D eigenvalue weighted by Gasteiger charge is 2.29.